The number of piperidine rings is 1. The minimum Gasteiger partial charge on any atom is -0.348 e. The number of hydrogen-bond donors (Lipinski definition) is 2. The van der Waals surface area contributed by atoms with Gasteiger partial charge in [-0.3, -0.25) is 4.79 Å². The van der Waals surface area contributed by atoms with E-state index >= 15 is 0 Å². The van der Waals surface area contributed by atoms with Gasteiger partial charge in [0.1, 0.15) is 0 Å². The minimum atomic E-state index is 0.0167. The molecule has 0 spiro atoms. The van der Waals surface area contributed by atoms with Crippen molar-refractivity contribution in [1.29, 1.82) is 0 Å². The van der Waals surface area contributed by atoms with Gasteiger partial charge in [-0.25, -0.2) is 0 Å². The molecule has 1 heterocycles. The summed E-state index contributed by atoms with van der Waals surface area (Å²) < 4.78 is 0. The van der Waals surface area contributed by atoms with Crippen LogP contribution in [0.5, 0.6) is 0 Å². The van der Waals surface area contributed by atoms with Crippen molar-refractivity contribution in [2.45, 2.75) is 38.8 Å². The Balaban J connectivity index is 2.37. The van der Waals surface area contributed by atoms with Gasteiger partial charge in [0.2, 0.25) is 5.91 Å². The fourth-order valence-corrected chi connectivity index (χ4v) is 1.62. The largest absolute Gasteiger partial charge is 0.348 e. The Morgan fingerprint density at radius 1 is 1.62 bits per heavy atom. The average molecular weight is 182 g/mol. The van der Waals surface area contributed by atoms with E-state index in [-0.39, 0.29) is 11.9 Å². The lowest BCUT2D eigenvalue weighted by molar-refractivity contribution is -0.117. The van der Waals surface area contributed by atoms with Gasteiger partial charge in [-0.2, -0.15) is 0 Å². The third kappa shape index (κ3) is 3.19. The molecule has 0 aromatic rings. The fourth-order valence-electron chi connectivity index (χ4n) is 1.62. The molecule has 3 heteroatoms. The van der Waals surface area contributed by atoms with Crippen molar-refractivity contribution < 1.29 is 4.79 Å². The van der Waals surface area contributed by atoms with E-state index in [4.69, 9.17) is 0 Å². The van der Waals surface area contributed by atoms with E-state index < -0.39 is 0 Å². The summed E-state index contributed by atoms with van der Waals surface area (Å²) in [6, 6.07) is 0.681. The van der Waals surface area contributed by atoms with Gasteiger partial charge in [-0.1, -0.05) is 6.08 Å². The first-order valence-corrected chi connectivity index (χ1v) is 4.90. The van der Waals surface area contributed by atoms with Crippen LogP contribution < -0.4 is 10.6 Å². The highest BCUT2D eigenvalue weighted by Crippen LogP contribution is 2.07. The quantitative estimate of drug-likeness (QED) is 0.621. The second-order valence-corrected chi connectivity index (χ2v) is 3.50. The molecule has 0 aromatic heterocycles. The monoisotopic (exact) mass is 182 g/mol. The minimum absolute atomic E-state index is 0.0167. The zero-order chi connectivity index (χ0) is 9.68. The lowest BCUT2D eigenvalue weighted by atomic mass is 10.00. The van der Waals surface area contributed by atoms with Crippen LogP contribution in [-0.4, -0.2) is 24.5 Å². The van der Waals surface area contributed by atoms with E-state index in [9.17, 15) is 4.79 Å². The predicted molar refractivity (Wildman–Crippen MR) is 53.4 cm³/mol. The fraction of sp³-hybridized carbons (Fsp3) is 0.700. The summed E-state index contributed by atoms with van der Waals surface area (Å²) in [5.41, 5.74) is 0. The van der Waals surface area contributed by atoms with Crippen LogP contribution in [0.3, 0.4) is 0 Å². The van der Waals surface area contributed by atoms with Crippen molar-refractivity contribution in [3.05, 3.63) is 12.2 Å². The molecule has 1 fully saturated rings. The second-order valence-electron chi connectivity index (χ2n) is 3.50. The number of carbonyl (C=O) groups excluding carboxylic acids is 1. The van der Waals surface area contributed by atoms with E-state index in [0.29, 0.717) is 6.04 Å². The molecule has 1 rings (SSSR count). The standard InChI is InChI=1S/C10H18N2O/c1-3-5-10(13)12-9-6-4-7-11-8(9)2/h3,5,8-9,11H,4,6-7H2,1-2H3,(H,12,13)/b5-3+. The molecule has 2 N–H and O–H groups in total. The van der Waals surface area contributed by atoms with Crippen LogP contribution in [0.4, 0.5) is 0 Å². The average Bonchev–Trinajstić information content (AvgIpc) is 2.09. The molecule has 0 bridgehead atoms. The highest BCUT2D eigenvalue weighted by Gasteiger charge is 2.21. The Bertz CT molecular complexity index is 201. The van der Waals surface area contributed by atoms with Crippen molar-refractivity contribution in [1.82, 2.24) is 10.6 Å². The maximum atomic E-state index is 11.2. The van der Waals surface area contributed by atoms with Gasteiger partial charge >= 0.3 is 0 Å². The Morgan fingerprint density at radius 2 is 2.38 bits per heavy atom. The molecule has 1 aliphatic heterocycles. The SMILES string of the molecule is C/C=C/C(=O)NC1CCCNC1C. The number of amides is 1. The highest BCUT2D eigenvalue weighted by atomic mass is 16.1. The number of carbonyl (C=O) groups is 1. The van der Waals surface area contributed by atoms with Gasteiger partial charge in [0.15, 0.2) is 0 Å². The van der Waals surface area contributed by atoms with Gasteiger partial charge in [-0.15, -0.1) is 0 Å². The van der Waals surface area contributed by atoms with E-state index in [0.717, 1.165) is 19.4 Å². The van der Waals surface area contributed by atoms with Crippen LogP contribution >= 0.6 is 0 Å². The number of rotatable bonds is 2. The summed E-state index contributed by atoms with van der Waals surface area (Å²) in [5, 5.41) is 6.32. The van der Waals surface area contributed by atoms with Gasteiger partial charge in [0.25, 0.3) is 0 Å². The maximum Gasteiger partial charge on any atom is 0.243 e. The first-order chi connectivity index (χ1) is 6.24. The molecule has 0 aliphatic carbocycles. The number of nitrogens with one attached hydrogen (secondary N) is 2. The first kappa shape index (κ1) is 10.3. The van der Waals surface area contributed by atoms with E-state index in [1.54, 1.807) is 12.2 Å². The summed E-state index contributed by atoms with van der Waals surface area (Å²) in [4.78, 5) is 11.2. The van der Waals surface area contributed by atoms with E-state index in [1.165, 1.54) is 0 Å². The zero-order valence-corrected chi connectivity index (χ0v) is 8.34. The third-order valence-corrected chi connectivity index (χ3v) is 2.41. The molecule has 0 radical (unpaired) electrons. The van der Waals surface area contributed by atoms with Crippen LogP contribution in [0.1, 0.15) is 26.7 Å². The molecule has 1 aliphatic rings. The highest BCUT2D eigenvalue weighted by molar-refractivity contribution is 5.87. The normalized spacial score (nSPS) is 29.1. The van der Waals surface area contributed by atoms with Crippen LogP contribution in [-0.2, 0) is 4.79 Å². The predicted octanol–water partition coefficient (Wildman–Crippen LogP) is 0.819. The van der Waals surface area contributed by atoms with Crippen molar-refractivity contribution in [2.75, 3.05) is 6.54 Å². The molecular formula is C10H18N2O. The summed E-state index contributed by atoms with van der Waals surface area (Å²) in [6.45, 7) is 5.03. The molecular weight excluding hydrogens is 164 g/mol. The third-order valence-electron chi connectivity index (χ3n) is 2.41. The molecule has 1 saturated heterocycles. The van der Waals surface area contributed by atoms with Crippen molar-refractivity contribution >= 4 is 5.91 Å². The van der Waals surface area contributed by atoms with Crippen molar-refractivity contribution in [3.63, 3.8) is 0 Å². The van der Waals surface area contributed by atoms with Crippen LogP contribution in [0, 0.1) is 0 Å². The van der Waals surface area contributed by atoms with Crippen LogP contribution in [0.25, 0.3) is 0 Å². The summed E-state index contributed by atoms with van der Waals surface area (Å²) in [6.07, 6.45) is 5.56. The van der Waals surface area contributed by atoms with Gasteiger partial charge in [0.05, 0.1) is 0 Å². The molecule has 2 atom stereocenters. The van der Waals surface area contributed by atoms with Crippen LogP contribution in [0.15, 0.2) is 12.2 Å². The topological polar surface area (TPSA) is 41.1 Å². The Morgan fingerprint density at radius 3 is 3.00 bits per heavy atom. The van der Waals surface area contributed by atoms with Crippen LogP contribution in [0.2, 0.25) is 0 Å². The Labute approximate surface area is 79.6 Å². The molecule has 2 unspecified atom stereocenters. The Kier molecular flexibility index (Phi) is 3.96. The van der Waals surface area contributed by atoms with Gasteiger partial charge in [0, 0.05) is 12.1 Å². The van der Waals surface area contributed by atoms with Gasteiger partial charge < -0.3 is 10.6 Å². The molecule has 3 nitrogen and oxygen atoms in total. The lowest BCUT2D eigenvalue weighted by Gasteiger charge is -2.30. The Hall–Kier alpha value is -0.830. The van der Waals surface area contributed by atoms with E-state index in [2.05, 4.69) is 17.6 Å². The molecule has 0 saturated carbocycles. The maximum absolute atomic E-state index is 11.2. The molecule has 1 amide bonds. The summed E-state index contributed by atoms with van der Waals surface area (Å²) in [5.74, 6) is 0.0167. The smallest absolute Gasteiger partial charge is 0.243 e. The molecule has 0 aromatic carbocycles. The van der Waals surface area contributed by atoms with Crippen molar-refractivity contribution in [3.8, 4) is 0 Å². The second kappa shape index (κ2) is 5.02. The molecule has 13 heavy (non-hydrogen) atoms. The van der Waals surface area contributed by atoms with Crippen molar-refractivity contribution in [2.24, 2.45) is 0 Å². The molecule has 74 valence electrons. The number of hydrogen-bond acceptors (Lipinski definition) is 2. The lowest BCUT2D eigenvalue weighted by Crippen LogP contribution is -2.51. The first-order valence-electron chi connectivity index (χ1n) is 4.90. The summed E-state index contributed by atoms with van der Waals surface area (Å²) in [7, 11) is 0. The van der Waals surface area contributed by atoms with E-state index in [1.807, 2.05) is 6.92 Å². The zero-order valence-electron chi connectivity index (χ0n) is 8.34. The number of allylic oxidation sites excluding steroid dienone is 1. The van der Waals surface area contributed by atoms with Gasteiger partial charge in [-0.05, 0) is 39.3 Å². The summed E-state index contributed by atoms with van der Waals surface area (Å²) >= 11 is 0.